The Labute approximate surface area is 191 Å². The maximum Gasteiger partial charge on any atom is 0.335 e. The molecule has 0 bridgehead atoms. The Morgan fingerprint density at radius 2 is 1.85 bits per heavy atom. The lowest BCUT2D eigenvalue weighted by atomic mass is 10.0. The highest BCUT2D eigenvalue weighted by Crippen LogP contribution is 2.28. The summed E-state index contributed by atoms with van der Waals surface area (Å²) in [6.45, 7) is 5.61. The second-order valence-electron chi connectivity index (χ2n) is 8.39. The molecule has 0 radical (unpaired) electrons. The first-order valence-electron chi connectivity index (χ1n) is 11.1. The minimum Gasteiger partial charge on any atom is -0.478 e. The van der Waals surface area contributed by atoms with Crippen molar-refractivity contribution in [2.24, 2.45) is 0 Å². The van der Waals surface area contributed by atoms with E-state index < -0.39 is 5.97 Å². The molecule has 1 fully saturated rings. The Bertz CT molecular complexity index is 1310. The Balaban J connectivity index is 1.33. The molecule has 1 aromatic carbocycles. The summed E-state index contributed by atoms with van der Waals surface area (Å²) in [6.07, 6.45) is 8.40. The van der Waals surface area contributed by atoms with Crippen LogP contribution in [0.15, 0.2) is 42.9 Å². The molecule has 1 aliphatic rings. The highest BCUT2D eigenvalue weighted by Gasteiger charge is 2.24. The molecule has 33 heavy (non-hydrogen) atoms. The van der Waals surface area contributed by atoms with Gasteiger partial charge in [0.2, 0.25) is 5.95 Å². The zero-order chi connectivity index (χ0) is 22.9. The van der Waals surface area contributed by atoms with Crippen LogP contribution in [-0.2, 0) is 6.42 Å². The predicted molar refractivity (Wildman–Crippen MR) is 124 cm³/mol. The number of pyridine rings is 1. The van der Waals surface area contributed by atoms with Crippen LogP contribution in [-0.4, -0.2) is 54.1 Å². The summed E-state index contributed by atoms with van der Waals surface area (Å²) in [5, 5.41) is 18.1. The van der Waals surface area contributed by atoms with E-state index in [4.69, 9.17) is 0 Å². The molecule has 9 nitrogen and oxygen atoms in total. The normalized spacial score (nSPS) is 14.7. The van der Waals surface area contributed by atoms with Crippen molar-refractivity contribution in [1.29, 1.82) is 0 Å². The molecule has 9 heteroatoms. The minimum absolute atomic E-state index is 0.242. The van der Waals surface area contributed by atoms with Crippen molar-refractivity contribution in [3.8, 4) is 11.3 Å². The van der Waals surface area contributed by atoms with Gasteiger partial charge in [-0.15, -0.1) is 5.10 Å². The molecular weight excluding hydrogens is 418 g/mol. The lowest BCUT2D eigenvalue weighted by Gasteiger charge is -2.32. The van der Waals surface area contributed by atoms with Gasteiger partial charge in [0.15, 0.2) is 0 Å². The summed E-state index contributed by atoms with van der Waals surface area (Å²) in [5.74, 6) is -0.148. The van der Waals surface area contributed by atoms with E-state index >= 15 is 0 Å². The third kappa shape index (κ3) is 4.02. The Morgan fingerprint density at radius 3 is 2.52 bits per heavy atom. The topological polar surface area (TPSA) is 110 Å². The van der Waals surface area contributed by atoms with E-state index in [1.807, 2.05) is 35.4 Å². The van der Waals surface area contributed by atoms with Crippen molar-refractivity contribution in [3.05, 3.63) is 59.5 Å². The van der Waals surface area contributed by atoms with Crippen LogP contribution in [0.1, 0.15) is 47.3 Å². The van der Waals surface area contributed by atoms with Crippen LogP contribution in [0.4, 0.5) is 5.95 Å². The van der Waals surface area contributed by atoms with Gasteiger partial charge in [0.1, 0.15) is 11.0 Å². The molecule has 0 unspecified atom stereocenters. The van der Waals surface area contributed by atoms with Gasteiger partial charge in [-0.05, 0) is 55.5 Å². The number of carboxylic acid groups (broad SMARTS) is 1. The number of carboxylic acids is 1. The summed E-state index contributed by atoms with van der Waals surface area (Å²) in [5.41, 5.74) is 5.42. The fraction of sp³-hybridized carbons (Fsp3) is 0.333. The number of carbonyl (C=O) groups is 1. The molecule has 1 N–H and O–H groups in total. The fourth-order valence-electron chi connectivity index (χ4n) is 4.33. The standard InChI is InChI=1S/C24H25N7O2/c1-3-16-12-26-24(27-13-16)30-8-6-18(7-9-30)31-22-14-25-20(11-21(22)28-29-31)17-4-5-19(23(32)33)15(2)10-17/h4-5,10-14,18H,3,6-9H2,1-2H3,(H,32,33). The lowest BCUT2D eigenvalue weighted by molar-refractivity contribution is 0.0696. The van der Waals surface area contributed by atoms with Gasteiger partial charge in [0.05, 0.1) is 23.5 Å². The first kappa shape index (κ1) is 21.0. The first-order valence-corrected chi connectivity index (χ1v) is 11.1. The highest BCUT2D eigenvalue weighted by molar-refractivity contribution is 5.90. The van der Waals surface area contributed by atoms with Crippen LogP contribution < -0.4 is 4.90 Å². The van der Waals surface area contributed by atoms with Gasteiger partial charge in [0, 0.05) is 31.0 Å². The van der Waals surface area contributed by atoms with Crippen LogP contribution in [0.2, 0.25) is 0 Å². The number of aryl methyl sites for hydroxylation is 2. The van der Waals surface area contributed by atoms with Gasteiger partial charge in [-0.25, -0.2) is 19.4 Å². The molecule has 1 saturated heterocycles. The summed E-state index contributed by atoms with van der Waals surface area (Å²) in [7, 11) is 0. The van der Waals surface area contributed by atoms with E-state index in [-0.39, 0.29) is 6.04 Å². The lowest BCUT2D eigenvalue weighted by Crippen LogP contribution is -2.36. The van der Waals surface area contributed by atoms with Gasteiger partial charge < -0.3 is 10.0 Å². The van der Waals surface area contributed by atoms with Crippen LogP contribution in [0.5, 0.6) is 0 Å². The summed E-state index contributed by atoms with van der Waals surface area (Å²) >= 11 is 0. The quantitative estimate of drug-likeness (QED) is 0.497. The number of aromatic nitrogens is 6. The van der Waals surface area contributed by atoms with E-state index in [1.165, 1.54) is 0 Å². The molecule has 0 aliphatic carbocycles. The molecule has 0 saturated carbocycles. The van der Waals surface area contributed by atoms with Crippen molar-refractivity contribution in [2.75, 3.05) is 18.0 Å². The van der Waals surface area contributed by atoms with Gasteiger partial charge in [0.25, 0.3) is 0 Å². The van der Waals surface area contributed by atoms with Gasteiger partial charge >= 0.3 is 5.97 Å². The third-order valence-corrected chi connectivity index (χ3v) is 6.30. The van der Waals surface area contributed by atoms with E-state index in [9.17, 15) is 9.90 Å². The van der Waals surface area contributed by atoms with Crippen LogP contribution in [0.25, 0.3) is 22.3 Å². The molecule has 0 amide bonds. The maximum absolute atomic E-state index is 11.3. The van der Waals surface area contributed by atoms with Crippen molar-refractivity contribution < 1.29 is 9.90 Å². The average Bonchev–Trinajstić information content (AvgIpc) is 3.27. The molecule has 4 heterocycles. The second kappa shape index (κ2) is 8.57. The molecule has 5 rings (SSSR count). The Morgan fingerprint density at radius 1 is 1.09 bits per heavy atom. The molecule has 168 valence electrons. The molecule has 0 spiro atoms. The monoisotopic (exact) mass is 443 g/mol. The number of fused-ring (bicyclic) bond motifs is 1. The average molecular weight is 444 g/mol. The van der Waals surface area contributed by atoms with Crippen LogP contribution >= 0.6 is 0 Å². The molecule has 0 atom stereocenters. The Kier molecular flexibility index (Phi) is 5.45. The number of benzene rings is 1. The zero-order valence-corrected chi connectivity index (χ0v) is 18.6. The highest BCUT2D eigenvalue weighted by atomic mass is 16.4. The molecule has 4 aromatic rings. The maximum atomic E-state index is 11.3. The second-order valence-corrected chi connectivity index (χ2v) is 8.39. The number of rotatable bonds is 5. The SMILES string of the molecule is CCc1cnc(N2CCC(n3nnc4cc(-c5ccc(C(=O)O)c(C)c5)ncc43)CC2)nc1. The first-order chi connectivity index (χ1) is 16.0. The fourth-order valence-corrected chi connectivity index (χ4v) is 4.33. The Hall–Kier alpha value is -3.88. The number of anilines is 1. The molecule has 3 aromatic heterocycles. The van der Waals surface area contributed by atoms with Gasteiger partial charge in [-0.3, -0.25) is 4.98 Å². The minimum atomic E-state index is -0.930. The number of aromatic carboxylic acids is 1. The van der Waals surface area contributed by atoms with Crippen molar-refractivity contribution in [1.82, 2.24) is 29.9 Å². The molecule has 1 aliphatic heterocycles. The predicted octanol–water partition coefficient (Wildman–Crippen LogP) is 3.69. The summed E-state index contributed by atoms with van der Waals surface area (Å²) in [6, 6.07) is 7.38. The van der Waals surface area contributed by atoms with Crippen molar-refractivity contribution in [2.45, 2.75) is 39.2 Å². The van der Waals surface area contributed by atoms with Crippen molar-refractivity contribution in [3.63, 3.8) is 0 Å². The van der Waals surface area contributed by atoms with Crippen LogP contribution in [0.3, 0.4) is 0 Å². The van der Waals surface area contributed by atoms with E-state index in [0.717, 1.165) is 66.2 Å². The summed E-state index contributed by atoms with van der Waals surface area (Å²) < 4.78 is 1.98. The third-order valence-electron chi connectivity index (χ3n) is 6.30. The van der Waals surface area contributed by atoms with Gasteiger partial charge in [-0.1, -0.05) is 18.2 Å². The smallest absolute Gasteiger partial charge is 0.335 e. The largest absolute Gasteiger partial charge is 0.478 e. The number of hydrogen-bond donors (Lipinski definition) is 1. The van der Waals surface area contributed by atoms with E-state index in [1.54, 1.807) is 19.1 Å². The van der Waals surface area contributed by atoms with Gasteiger partial charge in [-0.2, -0.15) is 0 Å². The zero-order valence-electron chi connectivity index (χ0n) is 18.6. The number of hydrogen-bond acceptors (Lipinski definition) is 7. The van der Waals surface area contributed by atoms with Crippen molar-refractivity contribution >= 4 is 23.0 Å². The van der Waals surface area contributed by atoms with E-state index in [0.29, 0.717) is 11.1 Å². The number of piperidine rings is 1. The molecular formula is C24H25N7O2. The summed E-state index contributed by atoms with van der Waals surface area (Å²) in [4.78, 5) is 27.1. The van der Waals surface area contributed by atoms with E-state index in [2.05, 4.69) is 37.1 Å². The number of nitrogens with zero attached hydrogens (tertiary/aromatic N) is 7. The van der Waals surface area contributed by atoms with Crippen LogP contribution in [0, 0.1) is 6.92 Å².